The van der Waals surface area contributed by atoms with Crippen LogP contribution in [-0.2, 0) is 6.42 Å². The predicted octanol–water partition coefficient (Wildman–Crippen LogP) is 1.60. The second kappa shape index (κ2) is 5.63. The van der Waals surface area contributed by atoms with Crippen molar-refractivity contribution < 1.29 is 0 Å². The molecule has 2 aromatic heterocycles. The zero-order valence-corrected chi connectivity index (χ0v) is 9.95. The molecule has 0 radical (unpaired) electrons. The van der Waals surface area contributed by atoms with E-state index >= 15 is 0 Å². The van der Waals surface area contributed by atoms with Crippen LogP contribution in [-0.4, -0.2) is 21.5 Å². The molecule has 0 bridgehead atoms. The minimum Gasteiger partial charge on any atom is -0.384 e. The van der Waals surface area contributed by atoms with Crippen LogP contribution in [0.4, 0.5) is 5.82 Å². The van der Waals surface area contributed by atoms with Gasteiger partial charge in [-0.2, -0.15) is 0 Å². The van der Waals surface area contributed by atoms with Gasteiger partial charge in [-0.15, -0.1) is 0 Å². The van der Waals surface area contributed by atoms with Gasteiger partial charge in [0.05, 0.1) is 5.52 Å². The summed E-state index contributed by atoms with van der Waals surface area (Å²) in [6.07, 6.45) is 5.60. The van der Waals surface area contributed by atoms with Crippen molar-refractivity contribution >= 4 is 17.0 Å². The number of imidazole rings is 1. The number of hydrogen-bond donors (Lipinski definition) is 3. The van der Waals surface area contributed by atoms with E-state index in [-0.39, 0.29) is 0 Å². The van der Waals surface area contributed by atoms with Crippen LogP contribution >= 0.6 is 0 Å². The van der Waals surface area contributed by atoms with Crippen molar-refractivity contribution in [3.05, 3.63) is 18.0 Å². The molecule has 92 valence electrons. The highest BCUT2D eigenvalue weighted by Gasteiger charge is 2.03. The zero-order chi connectivity index (χ0) is 12.1. The van der Waals surface area contributed by atoms with Gasteiger partial charge in [-0.1, -0.05) is 12.8 Å². The first kappa shape index (κ1) is 11.9. The molecule has 2 aromatic rings. The van der Waals surface area contributed by atoms with Crippen molar-refractivity contribution in [3.63, 3.8) is 0 Å². The Bertz CT molecular complexity index is 477. The Kier molecular flexibility index (Phi) is 3.93. The van der Waals surface area contributed by atoms with Crippen LogP contribution < -0.4 is 11.5 Å². The standard InChI is InChI=1S/C12H19N5/c13-8-4-2-1-3-5-11-15-9-6-7-10(14)16-12(9)17-11/h6-7H,1-5,8,13H2,(H3,14,15,16,17). The molecule has 0 aliphatic rings. The van der Waals surface area contributed by atoms with Gasteiger partial charge >= 0.3 is 0 Å². The number of pyridine rings is 1. The summed E-state index contributed by atoms with van der Waals surface area (Å²) < 4.78 is 0. The molecule has 0 unspecified atom stereocenters. The molecule has 5 heteroatoms. The van der Waals surface area contributed by atoms with E-state index in [1.165, 1.54) is 12.8 Å². The third kappa shape index (κ3) is 3.17. The van der Waals surface area contributed by atoms with Crippen molar-refractivity contribution in [2.45, 2.75) is 32.1 Å². The fourth-order valence-electron chi connectivity index (χ4n) is 1.87. The average Bonchev–Trinajstić information content (AvgIpc) is 2.70. The summed E-state index contributed by atoms with van der Waals surface area (Å²) in [5.74, 6) is 1.50. The van der Waals surface area contributed by atoms with Gasteiger partial charge in [0.15, 0.2) is 5.65 Å². The Morgan fingerprint density at radius 3 is 2.71 bits per heavy atom. The van der Waals surface area contributed by atoms with Gasteiger partial charge in [0.2, 0.25) is 0 Å². The lowest BCUT2D eigenvalue weighted by Crippen LogP contribution is -1.98. The van der Waals surface area contributed by atoms with Crippen molar-refractivity contribution in [3.8, 4) is 0 Å². The Labute approximate surface area is 101 Å². The first-order valence-electron chi connectivity index (χ1n) is 6.11. The molecule has 0 aliphatic heterocycles. The van der Waals surface area contributed by atoms with Crippen LogP contribution in [0.25, 0.3) is 11.2 Å². The summed E-state index contributed by atoms with van der Waals surface area (Å²) in [6.45, 7) is 0.786. The molecular formula is C12H19N5. The number of nitrogens with zero attached hydrogens (tertiary/aromatic N) is 2. The molecule has 0 fully saturated rings. The van der Waals surface area contributed by atoms with Crippen LogP contribution in [0.5, 0.6) is 0 Å². The predicted molar refractivity (Wildman–Crippen MR) is 69.5 cm³/mol. The number of H-pyrrole nitrogens is 1. The van der Waals surface area contributed by atoms with Gasteiger partial charge in [-0.25, -0.2) is 9.97 Å². The van der Waals surface area contributed by atoms with Gasteiger partial charge < -0.3 is 16.5 Å². The molecule has 0 spiro atoms. The summed E-state index contributed by atoms with van der Waals surface area (Å²) in [7, 11) is 0. The Hall–Kier alpha value is -1.62. The quantitative estimate of drug-likeness (QED) is 0.660. The number of unbranched alkanes of at least 4 members (excludes halogenated alkanes) is 3. The van der Waals surface area contributed by atoms with Crippen LogP contribution in [0.2, 0.25) is 0 Å². The maximum Gasteiger partial charge on any atom is 0.179 e. The lowest BCUT2D eigenvalue weighted by Gasteiger charge is -1.97. The van der Waals surface area contributed by atoms with Crippen LogP contribution in [0, 0.1) is 0 Å². The number of nitrogens with two attached hydrogens (primary N) is 2. The number of aromatic amines is 1. The SMILES string of the molecule is NCCCCCCc1nc2nc(N)ccc2[nH]1. The number of anilines is 1. The van der Waals surface area contributed by atoms with Crippen LogP contribution in [0.15, 0.2) is 12.1 Å². The second-order valence-corrected chi connectivity index (χ2v) is 4.24. The van der Waals surface area contributed by atoms with Crippen molar-refractivity contribution in [1.29, 1.82) is 0 Å². The molecule has 5 N–H and O–H groups in total. The van der Waals surface area contributed by atoms with Gasteiger partial charge in [0.1, 0.15) is 11.6 Å². The van der Waals surface area contributed by atoms with Crippen molar-refractivity contribution in [2.24, 2.45) is 5.73 Å². The van der Waals surface area contributed by atoms with E-state index in [0.717, 1.165) is 37.1 Å². The molecule has 2 rings (SSSR count). The average molecular weight is 233 g/mol. The third-order valence-electron chi connectivity index (χ3n) is 2.78. The highest BCUT2D eigenvalue weighted by atomic mass is 15.0. The largest absolute Gasteiger partial charge is 0.384 e. The van der Waals surface area contributed by atoms with E-state index < -0.39 is 0 Å². The lowest BCUT2D eigenvalue weighted by molar-refractivity contribution is 0.638. The number of nitrogen functional groups attached to an aromatic ring is 1. The van der Waals surface area contributed by atoms with Crippen molar-refractivity contribution in [2.75, 3.05) is 12.3 Å². The van der Waals surface area contributed by atoms with Crippen LogP contribution in [0.3, 0.4) is 0 Å². The molecule has 2 heterocycles. The molecule has 0 amide bonds. The fourth-order valence-corrected chi connectivity index (χ4v) is 1.87. The second-order valence-electron chi connectivity index (χ2n) is 4.24. The number of hydrogen-bond acceptors (Lipinski definition) is 4. The smallest absolute Gasteiger partial charge is 0.179 e. The molecule has 0 aliphatic carbocycles. The van der Waals surface area contributed by atoms with Gasteiger partial charge in [-0.05, 0) is 31.5 Å². The number of fused-ring (bicyclic) bond motifs is 1. The highest BCUT2D eigenvalue weighted by Crippen LogP contribution is 2.12. The minimum atomic E-state index is 0.512. The summed E-state index contributed by atoms with van der Waals surface area (Å²) >= 11 is 0. The van der Waals surface area contributed by atoms with Gasteiger partial charge in [0, 0.05) is 6.42 Å². The highest BCUT2D eigenvalue weighted by molar-refractivity contribution is 5.72. The van der Waals surface area contributed by atoms with Crippen LogP contribution in [0.1, 0.15) is 31.5 Å². The van der Waals surface area contributed by atoms with Gasteiger partial charge in [0.25, 0.3) is 0 Å². The summed E-state index contributed by atoms with van der Waals surface area (Å²) in [5, 5.41) is 0. The molecule has 5 nitrogen and oxygen atoms in total. The maximum atomic E-state index is 5.61. The number of aromatic nitrogens is 3. The third-order valence-corrected chi connectivity index (χ3v) is 2.78. The molecule has 0 atom stereocenters. The summed E-state index contributed by atoms with van der Waals surface area (Å²) in [6, 6.07) is 3.70. The summed E-state index contributed by atoms with van der Waals surface area (Å²) in [5.41, 5.74) is 12.7. The lowest BCUT2D eigenvalue weighted by atomic mass is 10.1. The Morgan fingerprint density at radius 2 is 1.88 bits per heavy atom. The summed E-state index contributed by atoms with van der Waals surface area (Å²) in [4.78, 5) is 11.9. The molecule has 0 saturated heterocycles. The van der Waals surface area contributed by atoms with E-state index in [1.54, 1.807) is 6.07 Å². The Balaban J connectivity index is 1.91. The zero-order valence-electron chi connectivity index (χ0n) is 9.95. The van der Waals surface area contributed by atoms with Gasteiger partial charge in [-0.3, -0.25) is 0 Å². The minimum absolute atomic E-state index is 0.512. The molecule has 17 heavy (non-hydrogen) atoms. The monoisotopic (exact) mass is 233 g/mol. The van der Waals surface area contributed by atoms with E-state index in [2.05, 4.69) is 15.0 Å². The normalized spacial score (nSPS) is 11.1. The molecular weight excluding hydrogens is 214 g/mol. The Morgan fingerprint density at radius 1 is 1.06 bits per heavy atom. The molecule has 0 aromatic carbocycles. The topological polar surface area (TPSA) is 93.6 Å². The first-order chi connectivity index (χ1) is 8.29. The molecule has 0 saturated carbocycles. The van der Waals surface area contributed by atoms with E-state index in [0.29, 0.717) is 11.5 Å². The first-order valence-corrected chi connectivity index (χ1v) is 6.11. The number of nitrogens with one attached hydrogen (secondary N) is 1. The fraction of sp³-hybridized carbons (Fsp3) is 0.500. The number of aryl methyl sites for hydroxylation is 1. The van der Waals surface area contributed by atoms with E-state index in [1.807, 2.05) is 6.07 Å². The van der Waals surface area contributed by atoms with E-state index in [4.69, 9.17) is 11.5 Å². The number of rotatable bonds is 6. The maximum absolute atomic E-state index is 5.61. The van der Waals surface area contributed by atoms with Crippen molar-refractivity contribution in [1.82, 2.24) is 15.0 Å². The van der Waals surface area contributed by atoms with E-state index in [9.17, 15) is 0 Å².